The van der Waals surface area contributed by atoms with Gasteiger partial charge in [-0.1, -0.05) is 27.7 Å². The Morgan fingerprint density at radius 3 is 2.00 bits per heavy atom. The maximum atomic E-state index is 12.2. The molecule has 0 saturated heterocycles. The Bertz CT molecular complexity index is 298. The lowest BCUT2D eigenvalue weighted by Crippen LogP contribution is -2.48. The Morgan fingerprint density at radius 2 is 1.67 bits per heavy atom. The molecule has 18 heavy (non-hydrogen) atoms. The van der Waals surface area contributed by atoms with Gasteiger partial charge in [-0.15, -0.1) is 0 Å². The summed E-state index contributed by atoms with van der Waals surface area (Å²) in [7, 11) is -3.44. The molecule has 0 spiro atoms. The van der Waals surface area contributed by atoms with Gasteiger partial charge in [0, 0.05) is 25.7 Å². The average molecular weight is 280 g/mol. The molecule has 0 saturated carbocycles. The number of rotatable bonds is 10. The summed E-state index contributed by atoms with van der Waals surface area (Å²) in [6.07, 6.45) is 2.05. The Hall–Kier alpha value is -0.170. The molecule has 0 heterocycles. The molecule has 0 aliphatic carbocycles. The molecule has 0 rings (SSSR count). The van der Waals surface area contributed by atoms with Crippen molar-refractivity contribution >= 4 is 10.2 Å². The molecule has 5 nitrogen and oxygen atoms in total. The second-order valence-electron chi connectivity index (χ2n) is 4.88. The van der Waals surface area contributed by atoms with Gasteiger partial charge in [0.2, 0.25) is 0 Å². The van der Waals surface area contributed by atoms with E-state index in [9.17, 15) is 8.42 Å². The van der Waals surface area contributed by atoms with E-state index in [0.29, 0.717) is 19.5 Å². The van der Waals surface area contributed by atoms with Gasteiger partial charge < -0.3 is 5.11 Å². The number of aliphatic hydroxyl groups is 1. The predicted molar refractivity (Wildman–Crippen MR) is 74.5 cm³/mol. The van der Waals surface area contributed by atoms with Crippen molar-refractivity contribution in [3.63, 3.8) is 0 Å². The Morgan fingerprint density at radius 1 is 1.17 bits per heavy atom. The summed E-state index contributed by atoms with van der Waals surface area (Å²) in [5, 5.41) is 8.98. The lowest BCUT2D eigenvalue weighted by Gasteiger charge is -2.27. The summed E-state index contributed by atoms with van der Waals surface area (Å²) in [6, 6.07) is -0.212. The zero-order valence-corrected chi connectivity index (χ0v) is 12.8. The van der Waals surface area contributed by atoms with Gasteiger partial charge in [-0.2, -0.15) is 17.4 Å². The number of aliphatic hydroxyl groups excluding tert-OH is 1. The maximum Gasteiger partial charge on any atom is 0.279 e. The van der Waals surface area contributed by atoms with Crippen molar-refractivity contribution in [2.24, 2.45) is 5.92 Å². The molecule has 0 fully saturated rings. The van der Waals surface area contributed by atoms with Crippen LogP contribution in [-0.2, 0) is 10.2 Å². The van der Waals surface area contributed by atoms with E-state index in [0.717, 1.165) is 12.8 Å². The van der Waals surface area contributed by atoms with Crippen LogP contribution >= 0.6 is 0 Å². The van der Waals surface area contributed by atoms with Crippen LogP contribution in [-0.4, -0.2) is 43.6 Å². The van der Waals surface area contributed by atoms with Gasteiger partial charge in [-0.3, -0.25) is 0 Å². The highest BCUT2D eigenvalue weighted by Gasteiger charge is 2.25. The van der Waals surface area contributed by atoms with E-state index in [1.807, 2.05) is 27.7 Å². The fraction of sp³-hybridized carbons (Fsp3) is 1.00. The summed E-state index contributed by atoms with van der Waals surface area (Å²) < 4.78 is 28.7. The quantitative estimate of drug-likeness (QED) is 0.634. The van der Waals surface area contributed by atoms with Crippen molar-refractivity contribution < 1.29 is 13.5 Å². The second-order valence-corrected chi connectivity index (χ2v) is 6.59. The van der Waals surface area contributed by atoms with Gasteiger partial charge in [0.15, 0.2) is 0 Å². The molecule has 0 bridgehead atoms. The molecule has 1 unspecified atom stereocenters. The van der Waals surface area contributed by atoms with E-state index in [2.05, 4.69) is 4.72 Å². The van der Waals surface area contributed by atoms with Crippen LogP contribution < -0.4 is 4.72 Å². The van der Waals surface area contributed by atoms with E-state index in [1.165, 1.54) is 4.31 Å². The minimum atomic E-state index is -3.44. The standard InChI is InChI=1S/C12H28N2O3S/c1-5-8-14(9-6-2)18(16,17)13-12(7-10-15)11(3)4/h11-13,15H,5-10H2,1-4H3. The number of nitrogens with zero attached hydrogens (tertiary/aromatic N) is 1. The summed E-state index contributed by atoms with van der Waals surface area (Å²) in [5.74, 6) is 0.164. The van der Waals surface area contributed by atoms with Crippen molar-refractivity contribution in [2.45, 2.75) is 53.0 Å². The molecular weight excluding hydrogens is 252 g/mol. The highest BCUT2D eigenvalue weighted by atomic mass is 32.2. The van der Waals surface area contributed by atoms with Gasteiger partial charge in [-0.05, 0) is 25.2 Å². The molecule has 0 aromatic heterocycles. The smallest absolute Gasteiger partial charge is 0.279 e. The minimum Gasteiger partial charge on any atom is -0.396 e. The monoisotopic (exact) mass is 280 g/mol. The highest BCUT2D eigenvalue weighted by Crippen LogP contribution is 2.10. The molecule has 2 N–H and O–H groups in total. The van der Waals surface area contributed by atoms with E-state index < -0.39 is 10.2 Å². The summed E-state index contributed by atoms with van der Waals surface area (Å²) in [5.41, 5.74) is 0. The zero-order chi connectivity index (χ0) is 14.2. The Kier molecular flexibility index (Phi) is 8.77. The van der Waals surface area contributed by atoms with Crippen LogP contribution in [0.1, 0.15) is 47.0 Å². The van der Waals surface area contributed by atoms with Crippen LogP contribution in [0, 0.1) is 5.92 Å². The van der Waals surface area contributed by atoms with Crippen molar-refractivity contribution in [3.05, 3.63) is 0 Å². The lowest BCUT2D eigenvalue weighted by atomic mass is 10.0. The van der Waals surface area contributed by atoms with Crippen LogP contribution in [0.15, 0.2) is 0 Å². The zero-order valence-electron chi connectivity index (χ0n) is 12.0. The molecule has 110 valence electrons. The molecule has 1 atom stereocenters. The van der Waals surface area contributed by atoms with Crippen molar-refractivity contribution in [1.29, 1.82) is 0 Å². The summed E-state index contributed by atoms with van der Waals surface area (Å²) >= 11 is 0. The minimum absolute atomic E-state index is 0.00702. The normalized spacial score (nSPS) is 14.4. The van der Waals surface area contributed by atoms with Crippen LogP contribution in [0.4, 0.5) is 0 Å². The first kappa shape index (κ1) is 17.8. The van der Waals surface area contributed by atoms with Crippen LogP contribution in [0.2, 0.25) is 0 Å². The first-order valence-corrected chi connectivity index (χ1v) is 8.21. The van der Waals surface area contributed by atoms with Crippen molar-refractivity contribution in [3.8, 4) is 0 Å². The lowest BCUT2D eigenvalue weighted by molar-refractivity contribution is 0.253. The molecule has 0 radical (unpaired) electrons. The maximum absolute atomic E-state index is 12.2. The molecule has 0 amide bonds. The van der Waals surface area contributed by atoms with Crippen LogP contribution in [0.5, 0.6) is 0 Å². The molecular formula is C12H28N2O3S. The van der Waals surface area contributed by atoms with Gasteiger partial charge in [0.05, 0.1) is 0 Å². The third-order valence-corrected chi connectivity index (χ3v) is 4.48. The second kappa shape index (κ2) is 8.85. The van der Waals surface area contributed by atoms with Gasteiger partial charge in [-0.25, -0.2) is 0 Å². The summed E-state index contributed by atoms with van der Waals surface area (Å²) in [4.78, 5) is 0. The van der Waals surface area contributed by atoms with E-state index >= 15 is 0 Å². The largest absolute Gasteiger partial charge is 0.396 e. The first-order valence-electron chi connectivity index (χ1n) is 6.77. The van der Waals surface area contributed by atoms with Crippen LogP contribution in [0.25, 0.3) is 0 Å². The van der Waals surface area contributed by atoms with Gasteiger partial charge >= 0.3 is 0 Å². The molecule has 0 aromatic carbocycles. The third kappa shape index (κ3) is 6.13. The molecule has 6 heteroatoms. The third-order valence-electron chi connectivity index (χ3n) is 2.83. The fourth-order valence-electron chi connectivity index (χ4n) is 1.78. The van der Waals surface area contributed by atoms with Crippen molar-refractivity contribution in [1.82, 2.24) is 9.03 Å². The van der Waals surface area contributed by atoms with Gasteiger partial charge in [0.25, 0.3) is 10.2 Å². The average Bonchev–Trinajstić information content (AvgIpc) is 2.28. The molecule has 0 aliphatic heterocycles. The Labute approximate surface area is 112 Å². The summed E-state index contributed by atoms with van der Waals surface area (Å²) in [6.45, 7) is 8.89. The van der Waals surface area contributed by atoms with Crippen molar-refractivity contribution in [2.75, 3.05) is 19.7 Å². The Balaban J connectivity index is 4.75. The molecule has 0 aliphatic rings. The molecule has 0 aromatic rings. The highest BCUT2D eigenvalue weighted by molar-refractivity contribution is 7.87. The number of hydrogen-bond donors (Lipinski definition) is 2. The SMILES string of the molecule is CCCN(CCC)S(=O)(=O)NC(CCO)C(C)C. The predicted octanol–water partition coefficient (Wildman–Crippen LogP) is 1.35. The van der Waals surface area contributed by atoms with E-state index in [4.69, 9.17) is 5.11 Å². The van der Waals surface area contributed by atoms with Crippen LogP contribution in [0.3, 0.4) is 0 Å². The number of nitrogens with one attached hydrogen (secondary N) is 1. The number of hydrogen-bond acceptors (Lipinski definition) is 3. The fourth-order valence-corrected chi connectivity index (χ4v) is 3.55. The van der Waals surface area contributed by atoms with E-state index in [1.54, 1.807) is 0 Å². The first-order chi connectivity index (χ1) is 8.38. The topological polar surface area (TPSA) is 69.6 Å². The van der Waals surface area contributed by atoms with E-state index in [-0.39, 0.29) is 18.6 Å². The van der Waals surface area contributed by atoms with Gasteiger partial charge in [0.1, 0.15) is 0 Å².